The number of nitrogens with zero attached hydrogens (tertiary/aromatic N) is 2. The van der Waals surface area contributed by atoms with Gasteiger partial charge in [-0.1, -0.05) is 18.2 Å². The Morgan fingerprint density at radius 2 is 2.13 bits per heavy atom. The van der Waals surface area contributed by atoms with Gasteiger partial charge in [-0.25, -0.2) is 4.98 Å². The average Bonchev–Trinajstić information content (AvgIpc) is 2.89. The molecule has 0 aliphatic carbocycles. The molecule has 0 bridgehead atoms. The zero-order chi connectivity index (χ0) is 16.2. The van der Waals surface area contributed by atoms with Crippen LogP contribution in [0.4, 0.5) is 0 Å². The van der Waals surface area contributed by atoms with Crippen molar-refractivity contribution < 1.29 is 4.42 Å². The Morgan fingerprint density at radius 1 is 1.30 bits per heavy atom. The highest BCUT2D eigenvalue weighted by atomic mass is 16.4. The third kappa shape index (κ3) is 3.82. The summed E-state index contributed by atoms with van der Waals surface area (Å²) in [7, 11) is 0. The first-order valence-corrected chi connectivity index (χ1v) is 8.62. The molecule has 0 spiro atoms. The predicted molar refractivity (Wildman–Crippen MR) is 93.1 cm³/mol. The Labute approximate surface area is 138 Å². The van der Waals surface area contributed by atoms with Crippen LogP contribution in [0.2, 0.25) is 0 Å². The van der Waals surface area contributed by atoms with E-state index in [-0.39, 0.29) is 0 Å². The molecule has 1 aliphatic heterocycles. The van der Waals surface area contributed by atoms with Crippen LogP contribution in [-0.2, 0) is 6.54 Å². The third-order valence-corrected chi connectivity index (χ3v) is 4.82. The molecule has 0 saturated carbocycles. The van der Waals surface area contributed by atoms with E-state index in [0.717, 1.165) is 61.4 Å². The van der Waals surface area contributed by atoms with Crippen molar-refractivity contribution >= 4 is 0 Å². The number of aromatic nitrogens is 1. The second-order valence-electron chi connectivity index (χ2n) is 6.66. The van der Waals surface area contributed by atoms with Crippen LogP contribution < -0.4 is 5.73 Å². The van der Waals surface area contributed by atoms with E-state index < -0.39 is 0 Å². The number of hydrogen-bond donors (Lipinski definition) is 1. The molecule has 0 radical (unpaired) electrons. The van der Waals surface area contributed by atoms with Gasteiger partial charge < -0.3 is 10.2 Å². The largest absolute Gasteiger partial charge is 0.441 e. The first kappa shape index (κ1) is 16.2. The number of rotatable bonds is 5. The van der Waals surface area contributed by atoms with Crippen molar-refractivity contribution in [2.45, 2.75) is 39.7 Å². The summed E-state index contributed by atoms with van der Waals surface area (Å²) in [6.45, 7) is 8.06. The monoisotopic (exact) mass is 313 g/mol. The summed E-state index contributed by atoms with van der Waals surface area (Å²) in [6.07, 6.45) is 3.69. The summed E-state index contributed by atoms with van der Waals surface area (Å²) in [5.41, 5.74) is 9.06. The lowest BCUT2D eigenvalue weighted by Crippen LogP contribution is -2.35. The first-order valence-electron chi connectivity index (χ1n) is 8.62. The summed E-state index contributed by atoms with van der Waals surface area (Å²) < 4.78 is 5.94. The maximum atomic E-state index is 5.94. The quantitative estimate of drug-likeness (QED) is 0.917. The molecule has 0 unspecified atom stereocenters. The first-order chi connectivity index (χ1) is 11.2. The molecule has 1 aliphatic rings. The average molecular weight is 313 g/mol. The fraction of sp³-hybridized carbons (Fsp3) is 0.526. The molecule has 1 aromatic heterocycles. The Kier molecular flexibility index (Phi) is 5.13. The molecule has 1 fully saturated rings. The highest BCUT2D eigenvalue weighted by Crippen LogP contribution is 2.26. The Morgan fingerprint density at radius 3 is 2.91 bits per heavy atom. The van der Waals surface area contributed by atoms with Crippen LogP contribution in [-0.4, -0.2) is 29.5 Å². The lowest BCUT2D eigenvalue weighted by atomic mass is 9.95. The van der Waals surface area contributed by atoms with Gasteiger partial charge in [0, 0.05) is 18.7 Å². The minimum atomic E-state index is 0.733. The van der Waals surface area contributed by atoms with Crippen LogP contribution >= 0.6 is 0 Å². The molecule has 4 nitrogen and oxygen atoms in total. The van der Waals surface area contributed by atoms with Gasteiger partial charge in [0.25, 0.3) is 0 Å². The number of likely N-dealkylation sites (tertiary alicyclic amines) is 1. The van der Waals surface area contributed by atoms with E-state index in [0.29, 0.717) is 0 Å². The number of nitrogens with two attached hydrogens (primary N) is 1. The van der Waals surface area contributed by atoms with Crippen LogP contribution in [0.15, 0.2) is 28.7 Å². The molecule has 1 atom stereocenters. The van der Waals surface area contributed by atoms with Gasteiger partial charge in [-0.2, -0.15) is 0 Å². The zero-order valence-electron chi connectivity index (χ0n) is 14.2. The minimum absolute atomic E-state index is 0.733. The van der Waals surface area contributed by atoms with E-state index in [1.807, 2.05) is 19.1 Å². The maximum Gasteiger partial charge on any atom is 0.226 e. The second-order valence-corrected chi connectivity index (χ2v) is 6.66. The van der Waals surface area contributed by atoms with Crippen molar-refractivity contribution in [3.63, 3.8) is 0 Å². The van der Waals surface area contributed by atoms with Crippen LogP contribution in [0.25, 0.3) is 11.5 Å². The Hall–Kier alpha value is -1.65. The Bertz CT molecular complexity index is 648. The molecule has 2 heterocycles. The van der Waals surface area contributed by atoms with Gasteiger partial charge in [-0.15, -0.1) is 0 Å². The molecule has 3 rings (SSSR count). The molecule has 2 aromatic rings. The van der Waals surface area contributed by atoms with Crippen molar-refractivity contribution in [2.24, 2.45) is 11.7 Å². The summed E-state index contributed by atoms with van der Waals surface area (Å²) in [6, 6.07) is 8.24. The summed E-state index contributed by atoms with van der Waals surface area (Å²) in [5, 5.41) is 0. The molecular weight excluding hydrogens is 286 g/mol. The normalized spacial score (nSPS) is 19.2. The summed E-state index contributed by atoms with van der Waals surface area (Å²) >= 11 is 0. The number of piperidine rings is 1. The lowest BCUT2D eigenvalue weighted by molar-refractivity contribution is 0.161. The fourth-order valence-electron chi connectivity index (χ4n) is 3.48. The topological polar surface area (TPSA) is 55.3 Å². The van der Waals surface area contributed by atoms with E-state index in [9.17, 15) is 0 Å². The summed E-state index contributed by atoms with van der Waals surface area (Å²) in [4.78, 5) is 7.27. The standard InChI is InChI=1S/C19H27N3O/c1-14-6-3-4-8-17(14)19-21-18(15(2)23-19)13-22-11-5-7-16(12-22)9-10-20/h3-4,6,8,16H,5,7,9-13,20H2,1-2H3/t16-/m1/s1. The minimum Gasteiger partial charge on any atom is -0.441 e. The van der Waals surface area contributed by atoms with E-state index in [2.05, 4.69) is 24.0 Å². The SMILES string of the molecule is Cc1ccccc1-c1nc(CN2CCC[C@H](CCN)C2)c(C)o1. The number of hydrogen-bond acceptors (Lipinski definition) is 4. The van der Waals surface area contributed by atoms with E-state index >= 15 is 0 Å². The molecule has 1 saturated heterocycles. The highest BCUT2D eigenvalue weighted by Gasteiger charge is 2.22. The Balaban J connectivity index is 1.73. The van der Waals surface area contributed by atoms with Crippen molar-refractivity contribution in [3.05, 3.63) is 41.3 Å². The number of aryl methyl sites for hydroxylation is 2. The summed E-state index contributed by atoms with van der Waals surface area (Å²) in [5.74, 6) is 2.41. The maximum absolute atomic E-state index is 5.94. The van der Waals surface area contributed by atoms with Gasteiger partial charge in [-0.3, -0.25) is 4.90 Å². The third-order valence-electron chi connectivity index (χ3n) is 4.82. The zero-order valence-corrected chi connectivity index (χ0v) is 14.2. The van der Waals surface area contributed by atoms with E-state index in [1.165, 1.54) is 18.4 Å². The van der Waals surface area contributed by atoms with Gasteiger partial charge in [0.2, 0.25) is 5.89 Å². The van der Waals surface area contributed by atoms with Crippen LogP contribution in [0.1, 0.15) is 36.3 Å². The molecule has 2 N–H and O–H groups in total. The number of benzene rings is 1. The van der Waals surface area contributed by atoms with Crippen molar-refractivity contribution in [1.29, 1.82) is 0 Å². The molecule has 0 amide bonds. The fourth-order valence-corrected chi connectivity index (χ4v) is 3.48. The van der Waals surface area contributed by atoms with Crippen LogP contribution in [0.3, 0.4) is 0 Å². The van der Waals surface area contributed by atoms with Crippen molar-refractivity contribution in [1.82, 2.24) is 9.88 Å². The lowest BCUT2D eigenvalue weighted by Gasteiger charge is -2.32. The van der Waals surface area contributed by atoms with E-state index in [1.54, 1.807) is 0 Å². The van der Waals surface area contributed by atoms with Gasteiger partial charge in [0.05, 0.1) is 5.69 Å². The van der Waals surface area contributed by atoms with Crippen LogP contribution in [0.5, 0.6) is 0 Å². The molecule has 23 heavy (non-hydrogen) atoms. The molecule has 124 valence electrons. The molecule has 1 aromatic carbocycles. The molecule has 4 heteroatoms. The molecular formula is C19H27N3O. The van der Waals surface area contributed by atoms with Crippen molar-refractivity contribution in [3.8, 4) is 11.5 Å². The number of oxazole rings is 1. The van der Waals surface area contributed by atoms with Gasteiger partial charge in [0.1, 0.15) is 5.76 Å². The highest BCUT2D eigenvalue weighted by molar-refractivity contribution is 5.58. The van der Waals surface area contributed by atoms with Gasteiger partial charge in [0.15, 0.2) is 0 Å². The van der Waals surface area contributed by atoms with Crippen LogP contribution in [0, 0.1) is 19.8 Å². The van der Waals surface area contributed by atoms with Gasteiger partial charge in [-0.05, 0) is 63.7 Å². The predicted octanol–water partition coefficient (Wildman–Crippen LogP) is 3.52. The smallest absolute Gasteiger partial charge is 0.226 e. The van der Waals surface area contributed by atoms with E-state index in [4.69, 9.17) is 15.1 Å². The van der Waals surface area contributed by atoms with Gasteiger partial charge >= 0.3 is 0 Å². The second kappa shape index (κ2) is 7.28. The van der Waals surface area contributed by atoms with Crippen molar-refractivity contribution in [2.75, 3.05) is 19.6 Å².